The molecule has 2 rings (SSSR count). The molecular weight excluding hydrogens is 240 g/mol. The standard InChI is InChI=1S/C10H18N4O2S/c1-3-13-7-9(10(11)12-13)17(15,16)14-6-4-5-8(14)2/h7-8H,3-6H2,1-2H3,(H2,11,12). The van der Waals surface area contributed by atoms with Gasteiger partial charge in [0.15, 0.2) is 5.82 Å². The highest BCUT2D eigenvalue weighted by atomic mass is 32.2. The molecule has 0 radical (unpaired) electrons. The molecule has 1 fully saturated rings. The maximum Gasteiger partial charge on any atom is 0.248 e. The first-order chi connectivity index (χ1) is 7.96. The molecule has 1 aliphatic heterocycles. The largest absolute Gasteiger partial charge is 0.381 e. The van der Waals surface area contributed by atoms with Crippen LogP contribution in [0.5, 0.6) is 0 Å². The highest BCUT2D eigenvalue weighted by Crippen LogP contribution is 2.28. The summed E-state index contributed by atoms with van der Waals surface area (Å²) in [5, 5.41) is 3.98. The van der Waals surface area contributed by atoms with Gasteiger partial charge in [0, 0.05) is 25.3 Å². The fraction of sp³-hybridized carbons (Fsp3) is 0.700. The van der Waals surface area contributed by atoms with Gasteiger partial charge in [-0.15, -0.1) is 0 Å². The molecule has 1 atom stereocenters. The molecule has 0 bridgehead atoms. The molecule has 1 aromatic rings. The van der Waals surface area contributed by atoms with Crippen LogP contribution in [0.25, 0.3) is 0 Å². The lowest BCUT2D eigenvalue weighted by atomic mass is 10.3. The molecule has 0 spiro atoms. The molecule has 2 heterocycles. The van der Waals surface area contributed by atoms with E-state index in [0.717, 1.165) is 12.8 Å². The maximum atomic E-state index is 12.4. The van der Waals surface area contributed by atoms with E-state index < -0.39 is 10.0 Å². The fourth-order valence-electron chi connectivity index (χ4n) is 2.17. The fourth-order valence-corrected chi connectivity index (χ4v) is 3.93. The zero-order valence-corrected chi connectivity index (χ0v) is 10.9. The van der Waals surface area contributed by atoms with Gasteiger partial charge in [-0.3, -0.25) is 4.68 Å². The molecule has 0 saturated carbocycles. The average molecular weight is 258 g/mol. The van der Waals surface area contributed by atoms with Crippen molar-refractivity contribution in [3.63, 3.8) is 0 Å². The summed E-state index contributed by atoms with van der Waals surface area (Å²) in [7, 11) is -3.48. The first-order valence-electron chi connectivity index (χ1n) is 5.81. The Kier molecular flexibility index (Phi) is 3.13. The van der Waals surface area contributed by atoms with Crippen molar-refractivity contribution in [3.05, 3.63) is 6.20 Å². The monoisotopic (exact) mass is 258 g/mol. The van der Waals surface area contributed by atoms with E-state index in [9.17, 15) is 8.42 Å². The van der Waals surface area contributed by atoms with Gasteiger partial charge in [0.2, 0.25) is 10.0 Å². The smallest absolute Gasteiger partial charge is 0.248 e. The summed E-state index contributed by atoms with van der Waals surface area (Å²) < 4.78 is 27.8. The van der Waals surface area contributed by atoms with Crippen molar-refractivity contribution in [2.45, 2.75) is 44.2 Å². The van der Waals surface area contributed by atoms with Gasteiger partial charge in [-0.1, -0.05) is 0 Å². The number of nitrogens with two attached hydrogens (primary N) is 1. The van der Waals surface area contributed by atoms with Crippen LogP contribution in [0.2, 0.25) is 0 Å². The SMILES string of the molecule is CCn1cc(S(=O)(=O)N2CCCC2C)c(N)n1. The molecule has 17 heavy (non-hydrogen) atoms. The van der Waals surface area contributed by atoms with Gasteiger partial charge >= 0.3 is 0 Å². The summed E-state index contributed by atoms with van der Waals surface area (Å²) in [5.41, 5.74) is 5.68. The van der Waals surface area contributed by atoms with Crippen LogP contribution in [0.3, 0.4) is 0 Å². The first-order valence-corrected chi connectivity index (χ1v) is 7.25. The number of sulfonamides is 1. The maximum absolute atomic E-state index is 12.4. The van der Waals surface area contributed by atoms with Crippen LogP contribution in [-0.4, -0.2) is 35.1 Å². The third-order valence-corrected chi connectivity index (χ3v) is 5.19. The predicted octanol–water partition coefficient (Wildman–Crippen LogP) is 0.658. The number of nitrogen functional groups attached to an aromatic ring is 1. The van der Waals surface area contributed by atoms with Gasteiger partial charge in [0.05, 0.1) is 0 Å². The van der Waals surface area contributed by atoms with E-state index in [2.05, 4.69) is 5.10 Å². The number of hydrogen-bond donors (Lipinski definition) is 1. The molecule has 0 aromatic carbocycles. The summed E-state index contributed by atoms with van der Waals surface area (Å²) in [6.45, 7) is 4.99. The highest BCUT2D eigenvalue weighted by molar-refractivity contribution is 7.89. The van der Waals surface area contributed by atoms with Crippen LogP contribution >= 0.6 is 0 Å². The first kappa shape index (κ1) is 12.4. The molecule has 1 aromatic heterocycles. The van der Waals surface area contributed by atoms with Crippen molar-refractivity contribution in [2.24, 2.45) is 0 Å². The Balaban J connectivity index is 2.40. The summed E-state index contributed by atoms with van der Waals surface area (Å²) in [5.74, 6) is 0.0888. The molecule has 1 aliphatic rings. The van der Waals surface area contributed by atoms with E-state index in [0.29, 0.717) is 13.1 Å². The average Bonchev–Trinajstić information content (AvgIpc) is 2.84. The summed E-state index contributed by atoms with van der Waals surface area (Å²) in [6.07, 6.45) is 3.32. The van der Waals surface area contributed by atoms with Crippen molar-refractivity contribution in [3.8, 4) is 0 Å². The van der Waals surface area contributed by atoms with Gasteiger partial charge in [0.25, 0.3) is 0 Å². The molecule has 0 amide bonds. The van der Waals surface area contributed by atoms with Gasteiger partial charge < -0.3 is 5.73 Å². The molecule has 96 valence electrons. The summed E-state index contributed by atoms with van der Waals surface area (Å²) in [6, 6.07) is 0.0457. The van der Waals surface area contributed by atoms with Crippen molar-refractivity contribution in [1.29, 1.82) is 0 Å². The number of aryl methyl sites for hydroxylation is 1. The number of hydrogen-bond acceptors (Lipinski definition) is 4. The zero-order chi connectivity index (χ0) is 12.6. The number of rotatable bonds is 3. The van der Waals surface area contributed by atoms with Crippen LogP contribution in [0.4, 0.5) is 5.82 Å². The van der Waals surface area contributed by atoms with Gasteiger partial charge in [-0.05, 0) is 26.7 Å². The van der Waals surface area contributed by atoms with Crippen molar-refractivity contribution >= 4 is 15.8 Å². The quantitative estimate of drug-likeness (QED) is 0.863. The molecule has 7 heteroatoms. The lowest BCUT2D eigenvalue weighted by molar-refractivity contribution is 0.408. The minimum Gasteiger partial charge on any atom is -0.381 e. The van der Waals surface area contributed by atoms with Crippen LogP contribution in [0.15, 0.2) is 11.1 Å². The van der Waals surface area contributed by atoms with E-state index in [1.54, 1.807) is 4.68 Å². The lowest BCUT2D eigenvalue weighted by Gasteiger charge is -2.19. The second kappa shape index (κ2) is 4.30. The van der Waals surface area contributed by atoms with Crippen molar-refractivity contribution in [1.82, 2.24) is 14.1 Å². The Labute approximate surface area is 101 Å². The van der Waals surface area contributed by atoms with Gasteiger partial charge in [-0.25, -0.2) is 8.42 Å². The van der Waals surface area contributed by atoms with E-state index in [1.807, 2.05) is 13.8 Å². The third-order valence-electron chi connectivity index (χ3n) is 3.16. The molecule has 0 aliphatic carbocycles. The van der Waals surface area contributed by atoms with E-state index >= 15 is 0 Å². The topological polar surface area (TPSA) is 81.2 Å². The molecule has 2 N–H and O–H groups in total. The Morgan fingerprint density at radius 1 is 1.59 bits per heavy atom. The van der Waals surface area contributed by atoms with E-state index in [1.165, 1.54) is 10.5 Å². The van der Waals surface area contributed by atoms with Crippen molar-refractivity contribution in [2.75, 3.05) is 12.3 Å². The third kappa shape index (κ3) is 2.04. The van der Waals surface area contributed by atoms with Gasteiger partial charge in [0.1, 0.15) is 4.90 Å². The normalized spacial score (nSPS) is 22.1. The number of aromatic nitrogens is 2. The second-order valence-electron chi connectivity index (χ2n) is 4.34. The zero-order valence-electron chi connectivity index (χ0n) is 10.1. The summed E-state index contributed by atoms with van der Waals surface area (Å²) in [4.78, 5) is 0.133. The second-order valence-corrected chi connectivity index (χ2v) is 6.20. The Morgan fingerprint density at radius 3 is 2.76 bits per heavy atom. The highest BCUT2D eigenvalue weighted by Gasteiger charge is 2.35. The van der Waals surface area contributed by atoms with Crippen molar-refractivity contribution < 1.29 is 8.42 Å². The van der Waals surface area contributed by atoms with Gasteiger partial charge in [-0.2, -0.15) is 9.40 Å². The lowest BCUT2D eigenvalue weighted by Crippen LogP contribution is -2.33. The van der Waals surface area contributed by atoms with Crippen LogP contribution < -0.4 is 5.73 Å². The number of nitrogens with zero attached hydrogens (tertiary/aromatic N) is 3. The van der Waals surface area contributed by atoms with E-state index in [-0.39, 0.29) is 16.8 Å². The predicted molar refractivity (Wildman–Crippen MR) is 64.9 cm³/mol. The molecule has 1 saturated heterocycles. The van der Waals surface area contributed by atoms with Crippen LogP contribution in [0, 0.1) is 0 Å². The molecule has 1 unspecified atom stereocenters. The van der Waals surface area contributed by atoms with Crippen LogP contribution in [0.1, 0.15) is 26.7 Å². The molecular formula is C10H18N4O2S. The van der Waals surface area contributed by atoms with E-state index in [4.69, 9.17) is 5.73 Å². The Bertz CT molecular complexity index is 508. The number of anilines is 1. The molecule has 6 nitrogen and oxygen atoms in total. The summed E-state index contributed by atoms with van der Waals surface area (Å²) >= 11 is 0. The minimum atomic E-state index is -3.48. The van der Waals surface area contributed by atoms with Crippen LogP contribution in [-0.2, 0) is 16.6 Å². The Morgan fingerprint density at radius 2 is 2.29 bits per heavy atom. The Hall–Kier alpha value is -1.08. The minimum absolute atomic E-state index is 0.0457.